The van der Waals surface area contributed by atoms with Gasteiger partial charge in [0.25, 0.3) is 0 Å². The minimum Gasteiger partial charge on any atom is -0.455 e. The molecule has 5 nitrogen and oxygen atoms in total. The zero-order valence-electron chi connectivity index (χ0n) is 27.9. The molecular weight excluding hydrogens is 637 g/mol. The van der Waals surface area contributed by atoms with Gasteiger partial charge in [-0.05, 0) is 46.8 Å². The van der Waals surface area contributed by atoms with Gasteiger partial charge in [-0.15, -0.1) is 0 Å². The van der Waals surface area contributed by atoms with Crippen molar-refractivity contribution in [1.82, 2.24) is 19.6 Å². The number of aromatic nitrogens is 4. The maximum Gasteiger partial charge on any atom is 0.161 e. The molecule has 5 heteroatoms. The van der Waals surface area contributed by atoms with Gasteiger partial charge in [0.1, 0.15) is 11.2 Å². The first-order valence-corrected chi connectivity index (χ1v) is 17.4. The smallest absolute Gasteiger partial charge is 0.161 e. The number of pyridine rings is 1. The molecule has 0 saturated heterocycles. The lowest BCUT2D eigenvalue weighted by Gasteiger charge is -2.12. The third-order valence-corrected chi connectivity index (χ3v) is 10.2. The number of nitrogens with zero attached hydrogens (tertiary/aromatic N) is 4. The summed E-state index contributed by atoms with van der Waals surface area (Å²) >= 11 is 0. The van der Waals surface area contributed by atoms with Crippen LogP contribution in [0.4, 0.5) is 0 Å². The third kappa shape index (κ3) is 4.39. The van der Waals surface area contributed by atoms with Crippen LogP contribution in [0.2, 0.25) is 0 Å². The Kier molecular flexibility index (Phi) is 6.18. The minimum absolute atomic E-state index is 0.809. The van der Waals surface area contributed by atoms with Gasteiger partial charge in [0.15, 0.2) is 5.82 Å². The Hall–Kier alpha value is -7.11. The summed E-state index contributed by atoms with van der Waals surface area (Å²) in [5.41, 5.74) is 11.9. The van der Waals surface area contributed by atoms with E-state index >= 15 is 0 Å². The van der Waals surface area contributed by atoms with Crippen LogP contribution >= 0.6 is 0 Å². The van der Waals surface area contributed by atoms with E-state index in [0.29, 0.717) is 0 Å². The topological polar surface area (TPSA) is 56.2 Å². The molecule has 0 fully saturated rings. The van der Waals surface area contributed by atoms with Crippen molar-refractivity contribution in [3.05, 3.63) is 170 Å². The maximum absolute atomic E-state index is 6.54. The molecule has 0 bridgehead atoms. The summed E-state index contributed by atoms with van der Waals surface area (Å²) in [5.74, 6) is 0.809. The van der Waals surface area contributed by atoms with E-state index in [4.69, 9.17) is 19.5 Å². The summed E-state index contributed by atoms with van der Waals surface area (Å²) in [7, 11) is 0. The molecule has 0 N–H and O–H groups in total. The molecule has 11 rings (SSSR count). The summed E-state index contributed by atoms with van der Waals surface area (Å²) in [5, 5.41) is 11.6. The molecular formula is C47H28N4O. The molecule has 4 heterocycles. The lowest BCUT2D eigenvalue weighted by Crippen LogP contribution is -1.99. The predicted molar refractivity (Wildman–Crippen MR) is 212 cm³/mol. The Morgan fingerprint density at radius 3 is 1.79 bits per heavy atom. The Balaban J connectivity index is 1.01. The largest absolute Gasteiger partial charge is 0.455 e. The van der Waals surface area contributed by atoms with Crippen LogP contribution in [0.1, 0.15) is 0 Å². The summed E-state index contributed by atoms with van der Waals surface area (Å²) in [6.07, 6.45) is 0. The maximum atomic E-state index is 6.54. The molecule has 0 radical (unpaired) electrons. The van der Waals surface area contributed by atoms with Crippen molar-refractivity contribution in [2.24, 2.45) is 0 Å². The molecule has 4 aromatic heterocycles. The van der Waals surface area contributed by atoms with E-state index in [9.17, 15) is 0 Å². The monoisotopic (exact) mass is 664 g/mol. The first-order chi connectivity index (χ1) is 25.8. The highest BCUT2D eigenvalue weighted by molar-refractivity contribution is 6.23. The first kappa shape index (κ1) is 28.7. The number of fused-ring (bicyclic) bond motifs is 10. The van der Waals surface area contributed by atoms with E-state index < -0.39 is 0 Å². The van der Waals surface area contributed by atoms with Crippen molar-refractivity contribution >= 4 is 60.0 Å². The second kappa shape index (κ2) is 11.2. The Bertz CT molecular complexity index is 3160. The molecule has 242 valence electrons. The summed E-state index contributed by atoms with van der Waals surface area (Å²) in [4.78, 5) is 10.3. The van der Waals surface area contributed by atoms with Gasteiger partial charge in [-0.3, -0.25) is 0 Å². The fourth-order valence-corrected chi connectivity index (χ4v) is 7.69. The molecule has 0 amide bonds. The normalized spacial score (nSPS) is 11.8. The van der Waals surface area contributed by atoms with Crippen molar-refractivity contribution in [1.29, 1.82) is 0 Å². The molecule has 0 spiro atoms. The summed E-state index contributed by atoms with van der Waals surface area (Å²) in [6, 6.07) is 59.0. The van der Waals surface area contributed by atoms with Crippen LogP contribution in [-0.2, 0) is 0 Å². The summed E-state index contributed by atoms with van der Waals surface area (Å²) in [6.45, 7) is 0. The highest BCUT2D eigenvalue weighted by Gasteiger charge is 2.18. The van der Waals surface area contributed by atoms with Gasteiger partial charge in [-0.25, -0.2) is 14.5 Å². The molecule has 0 aliphatic rings. The van der Waals surface area contributed by atoms with E-state index in [-0.39, 0.29) is 0 Å². The van der Waals surface area contributed by atoms with Crippen molar-refractivity contribution in [2.45, 2.75) is 0 Å². The molecule has 0 aliphatic carbocycles. The second-order valence-electron chi connectivity index (χ2n) is 13.2. The van der Waals surface area contributed by atoms with E-state index in [0.717, 1.165) is 105 Å². The van der Waals surface area contributed by atoms with Gasteiger partial charge in [-0.1, -0.05) is 140 Å². The highest BCUT2D eigenvalue weighted by Crippen LogP contribution is 2.41. The van der Waals surface area contributed by atoms with Crippen LogP contribution in [0, 0.1) is 0 Å². The third-order valence-electron chi connectivity index (χ3n) is 10.2. The lowest BCUT2D eigenvalue weighted by molar-refractivity contribution is 0.672. The van der Waals surface area contributed by atoms with Crippen LogP contribution < -0.4 is 0 Å². The van der Waals surface area contributed by atoms with E-state index in [1.165, 1.54) is 0 Å². The Morgan fingerprint density at radius 1 is 0.423 bits per heavy atom. The Labute approximate surface area is 298 Å². The van der Waals surface area contributed by atoms with E-state index in [1.54, 1.807) is 0 Å². The van der Waals surface area contributed by atoms with Crippen molar-refractivity contribution in [2.75, 3.05) is 0 Å². The molecule has 0 aliphatic heterocycles. The van der Waals surface area contributed by atoms with Gasteiger partial charge in [-0.2, -0.15) is 5.10 Å². The summed E-state index contributed by atoms with van der Waals surface area (Å²) < 4.78 is 8.52. The van der Waals surface area contributed by atoms with Crippen LogP contribution in [0.25, 0.3) is 105 Å². The predicted octanol–water partition coefficient (Wildman–Crippen LogP) is 12.2. The number of rotatable bonds is 4. The zero-order valence-corrected chi connectivity index (χ0v) is 27.9. The van der Waals surface area contributed by atoms with Gasteiger partial charge in [0.05, 0.1) is 33.3 Å². The van der Waals surface area contributed by atoms with Crippen LogP contribution in [0.15, 0.2) is 174 Å². The standard InChI is InChI=1S/C47H28N4O/c1-2-10-31(11-3-1)41-28-42-38-14-5-8-16-40(38)49-47(51(42)50-41)33-24-20-30(21-25-33)29-18-22-32(23-19-29)45-44-36(34-12-4-7-15-39(34)48-45)26-27-37-35-13-6-9-17-43(35)52-46(37)44/h1-28H. The van der Waals surface area contributed by atoms with Crippen LogP contribution in [-0.4, -0.2) is 19.6 Å². The lowest BCUT2D eigenvalue weighted by atomic mass is 9.96. The molecule has 7 aromatic carbocycles. The highest BCUT2D eigenvalue weighted by atomic mass is 16.3. The number of hydrogen-bond acceptors (Lipinski definition) is 4. The number of benzene rings is 7. The second-order valence-corrected chi connectivity index (χ2v) is 13.2. The zero-order chi connectivity index (χ0) is 34.2. The molecule has 0 unspecified atom stereocenters. The van der Waals surface area contributed by atoms with Gasteiger partial charge < -0.3 is 4.42 Å². The fraction of sp³-hybridized carbons (Fsp3) is 0. The van der Waals surface area contributed by atoms with Crippen LogP contribution in [0.3, 0.4) is 0 Å². The molecule has 11 aromatic rings. The first-order valence-electron chi connectivity index (χ1n) is 17.4. The number of furan rings is 1. The average molecular weight is 665 g/mol. The average Bonchev–Trinajstić information content (AvgIpc) is 3.84. The number of para-hydroxylation sites is 3. The van der Waals surface area contributed by atoms with Gasteiger partial charge in [0, 0.05) is 38.2 Å². The van der Waals surface area contributed by atoms with E-state index in [1.807, 2.05) is 47.0 Å². The number of hydrogen-bond donors (Lipinski definition) is 0. The molecule has 0 saturated carbocycles. The van der Waals surface area contributed by atoms with Gasteiger partial charge in [0.2, 0.25) is 0 Å². The SMILES string of the molecule is c1ccc(-c2cc3c4ccccc4nc(-c4ccc(-c5ccc(-c6nc7ccccc7c7ccc8c9ccccc9oc8c67)cc5)cc4)n3n2)cc1. The quantitative estimate of drug-likeness (QED) is 0.176. The van der Waals surface area contributed by atoms with E-state index in [2.05, 4.69) is 127 Å². The van der Waals surface area contributed by atoms with Crippen molar-refractivity contribution in [3.8, 4) is 45.0 Å². The van der Waals surface area contributed by atoms with Crippen molar-refractivity contribution in [3.63, 3.8) is 0 Å². The molecule has 0 atom stereocenters. The fourth-order valence-electron chi connectivity index (χ4n) is 7.69. The van der Waals surface area contributed by atoms with Gasteiger partial charge >= 0.3 is 0 Å². The van der Waals surface area contributed by atoms with Crippen molar-refractivity contribution < 1.29 is 4.42 Å². The Morgan fingerprint density at radius 2 is 1.02 bits per heavy atom. The minimum atomic E-state index is 0.809. The molecule has 52 heavy (non-hydrogen) atoms. The van der Waals surface area contributed by atoms with Crippen LogP contribution in [0.5, 0.6) is 0 Å².